The molecule has 0 bridgehead atoms. The zero-order valence-electron chi connectivity index (χ0n) is 13.0. The molecule has 3 rings (SSSR count). The minimum atomic E-state index is -0.201. The predicted molar refractivity (Wildman–Crippen MR) is 92.6 cm³/mol. The van der Waals surface area contributed by atoms with E-state index in [2.05, 4.69) is 20.5 Å². The maximum absolute atomic E-state index is 6.16. The van der Waals surface area contributed by atoms with E-state index in [-0.39, 0.29) is 6.04 Å². The van der Waals surface area contributed by atoms with Crippen molar-refractivity contribution in [3.05, 3.63) is 52.5 Å². The lowest BCUT2D eigenvalue weighted by Crippen LogP contribution is -2.07. The smallest absolute Gasteiger partial charge is 0.249 e. The summed E-state index contributed by atoms with van der Waals surface area (Å²) < 4.78 is 10.7. The highest BCUT2D eigenvalue weighted by Gasteiger charge is 2.17. The molecule has 1 atom stereocenters. The molecule has 6 nitrogen and oxygen atoms in total. The Hall–Kier alpha value is -2.31. The van der Waals surface area contributed by atoms with Crippen molar-refractivity contribution in [2.45, 2.75) is 13.0 Å². The van der Waals surface area contributed by atoms with Gasteiger partial charge in [-0.15, -0.1) is 10.2 Å². The molecule has 3 aromatic rings. The lowest BCUT2D eigenvalue weighted by Gasteiger charge is -2.11. The lowest BCUT2D eigenvalue weighted by atomic mass is 10.2. The summed E-state index contributed by atoms with van der Waals surface area (Å²) in [7, 11) is 1.57. The average Bonchev–Trinajstić information content (AvgIpc) is 3.05. The Labute approximate surface area is 148 Å². The van der Waals surface area contributed by atoms with Crippen molar-refractivity contribution in [1.82, 2.24) is 15.2 Å². The van der Waals surface area contributed by atoms with Crippen molar-refractivity contribution in [1.29, 1.82) is 0 Å². The van der Waals surface area contributed by atoms with E-state index in [0.717, 1.165) is 5.69 Å². The van der Waals surface area contributed by atoms with Gasteiger partial charge in [0.25, 0.3) is 0 Å². The molecule has 2 aromatic heterocycles. The largest absolute Gasteiger partial charge is 0.481 e. The van der Waals surface area contributed by atoms with Gasteiger partial charge in [-0.3, -0.25) is 0 Å². The molecular weight excluding hydrogens is 351 g/mol. The topological polar surface area (TPSA) is 73.1 Å². The first-order chi connectivity index (χ1) is 11.6. The molecule has 8 heteroatoms. The first kappa shape index (κ1) is 16.5. The van der Waals surface area contributed by atoms with Crippen LogP contribution in [0.3, 0.4) is 0 Å². The van der Waals surface area contributed by atoms with Crippen LogP contribution in [-0.2, 0) is 0 Å². The second kappa shape index (κ2) is 7.07. The third-order valence-corrected chi connectivity index (χ3v) is 3.85. The minimum absolute atomic E-state index is 0.201. The average molecular weight is 365 g/mol. The number of nitrogens with one attached hydrogen (secondary N) is 1. The van der Waals surface area contributed by atoms with Crippen molar-refractivity contribution >= 4 is 28.9 Å². The molecule has 0 amide bonds. The maximum atomic E-state index is 6.16. The number of ether oxygens (including phenoxy) is 1. The van der Waals surface area contributed by atoms with Crippen LogP contribution >= 0.6 is 23.2 Å². The van der Waals surface area contributed by atoms with Crippen LogP contribution in [0.2, 0.25) is 10.0 Å². The van der Waals surface area contributed by atoms with Gasteiger partial charge in [0.1, 0.15) is 6.04 Å². The molecule has 24 heavy (non-hydrogen) atoms. The molecule has 2 heterocycles. The Morgan fingerprint density at radius 1 is 1.17 bits per heavy atom. The summed E-state index contributed by atoms with van der Waals surface area (Å²) in [5.74, 6) is 1.32. The number of pyridine rings is 1. The highest BCUT2D eigenvalue weighted by Crippen LogP contribution is 2.30. The molecule has 1 aromatic carbocycles. The van der Waals surface area contributed by atoms with Crippen molar-refractivity contribution in [3.63, 3.8) is 0 Å². The van der Waals surface area contributed by atoms with E-state index in [9.17, 15) is 0 Å². The highest BCUT2D eigenvalue weighted by molar-refractivity contribution is 6.36. The number of halogens is 2. The van der Waals surface area contributed by atoms with E-state index in [0.29, 0.717) is 33.3 Å². The van der Waals surface area contributed by atoms with E-state index in [1.54, 1.807) is 37.6 Å². The van der Waals surface area contributed by atoms with Crippen LogP contribution in [0, 0.1) is 0 Å². The minimum Gasteiger partial charge on any atom is -0.481 e. The number of rotatable bonds is 5. The fourth-order valence-corrected chi connectivity index (χ4v) is 2.57. The van der Waals surface area contributed by atoms with Gasteiger partial charge in [0.15, 0.2) is 0 Å². The van der Waals surface area contributed by atoms with E-state index in [4.69, 9.17) is 32.4 Å². The maximum Gasteiger partial charge on any atom is 0.249 e. The molecule has 0 aliphatic heterocycles. The Kier molecular flexibility index (Phi) is 4.87. The van der Waals surface area contributed by atoms with Crippen molar-refractivity contribution < 1.29 is 9.15 Å². The van der Waals surface area contributed by atoms with Crippen LogP contribution < -0.4 is 10.1 Å². The van der Waals surface area contributed by atoms with Crippen LogP contribution in [0.1, 0.15) is 18.9 Å². The Morgan fingerprint density at radius 2 is 2.00 bits per heavy atom. The van der Waals surface area contributed by atoms with Crippen LogP contribution in [0.15, 0.2) is 40.9 Å². The Bertz CT molecular complexity index is 836. The molecule has 0 aliphatic rings. The monoisotopic (exact) mass is 364 g/mol. The normalized spacial score (nSPS) is 12.0. The third kappa shape index (κ3) is 3.60. The molecular formula is C16H14Cl2N4O2. The van der Waals surface area contributed by atoms with Gasteiger partial charge in [-0.05, 0) is 31.2 Å². The van der Waals surface area contributed by atoms with E-state index >= 15 is 0 Å². The number of nitrogens with zero attached hydrogens (tertiary/aromatic N) is 3. The van der Waals surface area contributed by atoms with Gasteiger partial charge in [0.05, 0.1) is 29.6 Å². The number of benzene rings is 1. The first-order valence-electron chi connectivity index (χ1n) is 7.12. The van der Waals surface area contributed by atoms with Crippen LogP contribution in [0.4, 0.5) is 5.69 Å². The summed E-state index contributed by atoms with van der Waals surface area (Å²) in [5, 5.41) is 12.3. The first-order valence-corrected chi connectivity index (χ1v) is 7.88. The zero-order chi connectivity index (χ0) is 17.1. The van der Waals surface area contributed by atoms with Crippen molar-refractivity contribution in [2.75, 3.05) is 12.4 Å². The van der Waals surface area contributed by atoms with Gasteiger partial charge in [-0.2, -0.15) is 0 Å². The molecule has 1 N–H and O–H groups in total. The number of anilines is 1. The van der Waals surface area contributed by atoms with Gasteiger partial charge in [-0.25, -0.2) is 4.98 Å². The van der Waals surface area contributed by atoms with Gasteiger partial charge < -0.3 is 14.5 Å². The van der Waals surface area contributed by atoms with Crippen molar-refractivity contribution in [2.24, 2.45) is 0 Å². The van der Waals surface area contributed by atoms with Crippen LogP contribution in [0.25, 0.3) is 11.5 Å². The van der Waals surface area contributed by atoms with E-state index in [1.165, 1.54) is 0 Å². The molecule has 0 unspecified atom stereocenters. The highest BCUT2D eigenvalue weighted by atomic mass is 35.5. The molecule has 0 saturated carbocycles. The standard InChI is InChI=1S/C16H14Cl2N4O2/c1-9(20-11-4-6-14(23-2)19-8-11)15-21-22-16(24-15)12-5-3-10(17)7-13(12)18/h3-9,20H,1-2H3/t9-/m0/s1. The summed E-state index contributed by atoms with van der Waals surface area (Å²) in [6.07, 6.45) is 1.67. The predicted octanol–water partition coefficient (Wildman–Crippen LogP) is 4.62. The molecule has 0 saturated heterocycles. The fraction of sp³-hybridized carbons (Fsp3) is 0.188. The summed E-state index contributed by atoms with van der Waals surface area (Å²) in [6, 6.07) is 8.52. The van der Waals surface area contributed by atoms with Crippen LogP contribution in [-0.4, -0.2) is 22.3 Å². The second-order valence-corrected chi connectivity index (χ2v) is 5.87. The van der Waals surface area contributed by atoms with Gasteiger partial charge in [-0.1, -0.05) is 23.2 Å². The van der Waals surface area contributed by atoms with E-state index < -0.39 is 0 Å². The summed E-state index contributed by atoms with van der Waals surface area (Å²) >= 11 is 12.1. The number of hydrogen-bond donors (Lipinski definition) is 1. The van der Waals surface area contributed by atoms with Crippen molar-refractivity contribution in [3.8, 4) is 17.3 Å². The number of aromatic nitrogens is 3. The third-order valence-electron chi connectivity index (χ3n) is 3.30. The zero-order valence-corrected chi connectivity index (χ0v) is 14.5. The summed E-state index contributed by atoms with van der Waals surface area (Å²) in [5.41, 5.74) is 1.45. The second-order valence-electron chi connectivity index (χ2n) is 5.02. The Balaban J connectivity index is 1.76. The SMILES string of the molecule is COc1ccc(N[C@@H](C)c2nnc(-c3ccc(Cl)cc3Cl)o2)cn1. The van der Waals surface area contributed by atoms with E-state index in [1.807, 2.05) is 13.0 Å². The molecule has 0 aliphatic carbocycles. The lowest BCUT2D eigenvalue weighted by molar-refractivity contribution is 0.398. The van der Waals surface area contributed by atoms with Gasteiger partial charge >= 0.3 is 0 Å². The molecule has 124 valence electrons. The summed E-state index contributed by atoms with van der Waals surface area (Å²) in [6.45, 7) is 1.91. The molecule has 0 radical (unpaired) electrons. The number of hydrogen-bond acceptors (Lipinski definition) is 6. The molecule has 0 spiro atoms. The van der Waals surface area contributed by atoms with Gasteiger partial charge in [0.2, 0.25) is 17.7 Å². The Morgan fingerprint density at radius 3 is 2.67 bits per heavy atom. The fourth-order valence-electron chi connectivity index (χ4n) is 2.08. The summed E-state index contributed by atoms with van der Waals surface area (Å²) in [4.78, 5) is 4.14. The molecule has 0 fully saturated rings. The number of methoxy groups -OCH3 is 1. The van der Waals surface area contributed by atoms with Gasteiger partial charge in [0, 0.05) is 11.1 Å². The van der Waals surface area contributed by atoms with Crippen LogP contribution in [0.5, 0.6) is 5.88 Å². The quantitative estimate of drug-likeness (QED) is 0.711.